The molecule has 1 spiro atoms. The molecule has 1 aromatic rings. The highest BCUT2D eigenvalue weighted by molar-refractivity contribution is 9.09. The lowest BCUT2D eigenvalue weighted by atomic mass is 9.71. The van der Waals surface area contributed by atoms with Gasteiger partial charge in [0.1, 0.15) is 6.04 Å². The Labute approximate surface area is 194 Å². The van der Waals surface area contributed by atoms with Crippen molar-refractivity contribution in [1.29, 1.82) is 0 Å². The molecule has 7 nitrogen and oxygen atoms in total. The number of ether oxygens (including phenoxy) is 1. The van der Waals surface area contributed by atoms with Gasteiger partial charge in [0.15, 0.2) is 0 Å². The Morgan fingerprint density at radius 2 is 2.13 bits per heavy atom. The molecule has 2 bridgehead atoms. The van der Waals surface area contributed by atoms with E-state index in [9.17, 15) is 19.5 Å². The molecule has 0 aromatic heterocycles. The van der Waals surface area contributed by atoms with Gasteiger partial charge in [-0.15, -0.1) is 11.8 Å². The van der Waals surface area contributed by atoms with Crippen molar-refractivity contribution in [2.75, 3.05) is 25.1 Å². The topological polar surface area (TPSA) is 95.9 Å². The summed E-state index contributed by atoms with van der Waals surface area (Å²) in [7, 11) is 0. The molecule has 6 atom stereocenters. The fourth-order valence-corrected chi connectivity index (χ4v) is 8.96. The van der Waals surface area contributed by atoms with Crippen molar-refractivity contribution in [3.8, 4) is 0 Å². The van der Waals surface area contributed by atoms with Crippen LogP contribution in [0.3, 0.4) is 0 Å². The highest BCUT2D eigenvalue weighted by Gasteiger charge is 2.75. The first kappa shape index (κ1) is 22.6. The van der Waals surface area contributed by atoms with E-state index >= 15 is 0 Å². The Kier molecular flexibility index (Phi) is 6.13. The third-order valence-corrected chi connectivity index (χ3v) is 9.81. The van der Waals surface area contributed by atoms with Crippen molar-refractivity contribution in [2.45, 2.75) is 48.1 Å². The number of nitrogens with one attached hydrogen (secondary N) is 1. The summed E-state index contributed by atoms with van der Waals surface area (Å²) in [6.07, 6.45) is 0.599. The zero-order valence-electron chi connectivity index (χ0n) is 17.8. The van der Waals surface area contributed by atoms with Gasteiger partial charge in [0.05, 0.1) is 29.8 Å². The van der Waals surface area contributed by atoms with E-state index in [-0.39, 0.29) is 47.6 Å². The average Bonchev–Trinajstić information content (AvgIpc) is 3.29. The smallest absolute Gasteiger partial charge is 0.310 e. The fourth-order valence-electron chi connectivity index (χ4n) is 5.36. The number of alkyl halides is 1. The van der Waals surface area contributed by atoms with Gasteiger partial charge in [0.2, 0.25) is 11.8 Å². The van der Waals surface area contributed by atoms with E-state index in [1.807, 2.05) is 32.0 Å². The summed E-state index contributed by atoms with van der Waals surface area (Å²) in [5.41, 5.74) is 2.65. The van der Waals surface area contributed by atoms with Gasteiger partial charge in [-0.3, -0.25) is 14.4 Å². The highest BCUT2D eigenvalue weighted by atomic mass is 79.9. The Hall–Kier alpha value is -1.58. The number of esters is 1. The summed E-state index contributed by atoms with van der Waals surface area (Å²) in [6, 6.07) is 5.05. The largest absolute Gasteiger partial charge is 0.466 e. The van der Waals surface area contributed by atoms with Crippen LogP contribution in [0.1, 0.15) is 24.5 Å². The zero-order chi connectivity index (χ0) is 22.5. The minimum atomic E-state index is -0.772. The van der Waals surface area contributed by atoms with Gasteiger partial charge in [0.25, 0.3) is 0 Å². The number of anilines is 1. The number of β-amino-alcohol motifs (C(OH)–C–C–N with tert-alkyl or cyclic N) is 1. The second-order valence-electron chi connectivity index (χ2n) is 8.48. The monoisotopic (exact) mass is 510 g/mol. The van der Waals surface area contributed by atoms with Gasteiger partial charge >= 0.3 is 5.97 Å². The number of aliphatic hydroxyl groups is 1. The van der Waals surface area contributed by atoms with E-state index < -0.39 is 22.6 Å². The van der Waals surface area contributed by atoms with Crippen LogP contribution in [0.4, 0.5) is 5.69 Å². The van der Waals surface area contributed by atoms with Crippen LogP contribution >= 0.6 is 27.7 Å². The molecule has 4 rings (SSSR count). The molecule has 168 valence electrons. The number of halogens is 1. The molecule has 3 heterocycles. The summed E-state index contributed by atoms with van der Waals surface area (Å²) in [5.74, 6) is -2.14. The van der Waals surface area contributed by atoms with Gasteiger partial charge in [-0.2, -0.15) is 0 Å². The van der Waals surface area contributed by atoms with Gasteiger partial charge < -0.3 is 20.1 Å². The summed E-state index contributed by atoms with van der Waals surface area (Å²) >= 11 is 5.25. The number of aliphatic hydroxyl groups excluding tert-OH is 1. The molecule has 2 amide bonds. The summed E-state index contributed by atoms with van der Waals surface area (Å²) in [5, 5.41) is 12.5. The number of likely N-dealkylation sites (tertiary alicyclic amines) is 1. The Balaban J connectivity index is 1.72. The molecule has 0 aliphatic carbocycles. The lowest BCUT2D eigenvalue weighted by Crippen LogP contribution is -2.52. The molecule has 3 aliphatic rings. The third kappa shape index (κ3) is 3.49. The van der Waals surface area contributed by atoms with Gasteiger partial charge in [-0.05, 0) is 44.4 Å². The number of hydrogen-bond donors (Lipinski definition) is 2. The number of rotatable bonds is 6. The van der Waals surface area contributed by atoms with E-state index in [2.05, 4.69) is 21.2 Å². The SMILES string of the molecule is CCOC(=O)[C@H]1[C@H]2C(=O)N(CCO)C(C(=O)Nc3cc(C)ccc3C)C23CC(Br)[C@@H]1S3. The van der Waals surface area contributed by atoms with Crippen LogP contribution in [-0.4, -0.2) is 68.4 Å². The zero-order valence-corrected chi connectivity index (χ0v) is 20.2. The number of thioether (sulfide) groups is 1. The number of aryl methyl sites for hydroxylation is 2. The molecule has 3 fully saturated rings. The first-order chi connectivity index (χ1) is 14.7. The number of hydrogen-bond acceptors (Lipinski definition) is 6. The predicted octanol–water partition coefficient (Wildman–Crippen LogP) is 2.26. The van der Waals surface area contributed by atoms with Crippen LogP contribution in [0.25, 0.3) is 0 Å². The lowest BCUT2D eigenvalue weighted by molar-refractivity contribution is -0.153. The van der Waals surface area contributed by atoms with E-state index in [1.165, 1.54) is 4.90 Å². The van der Waals surface area contributed by atoms with Crippen LogP contribution in [-0.2, 0) is 19.1 Å². The quantitative estimate of drug-likeness (QED) is 0.450. The van der Waals surface area contributed by atoms with E-state index in [0.29, 0.717) is 12.1 Å². The normalized spacial score (nSPS) is 33.5. The van der Waals surface area contributed by atoms with Crippen LogP contribution < -0.4 is 5.32 Å². The second kappa shape index (κ2) is 8.41. The molecule has 0 saturated carbocycles. The maximum atomic E-state index is 13.6. The van der Waals surface area contributed by atoms with Crippen molar-refractivity contribution in [3.05, 3.63) is 29.3 Å². The first-order valence-corrected chi connectivity index (χ1v) is 12.3. The Morgan fingerprint density at radius 1 is 1.39 bits per heavy atom. The molecule has 3 aliphatic heterocycles. The van der Waals surface area contributed by atoms with Crippen molar-refractivity contribution >= 4 is 51.2 Å². The molecule has 3 unspecified atom stereocenters. The van der Waals surface area contributed by atoms with E-state index in [4.69, 9.17) is 4.74 Å². The molecule has 3 saturated heterocycles. The van der Waals surface area contributed by atoms with Crippen LogP contribution in [0.5, 0.6) is 0 Å². The molecular weight excluding hydrogens is 484 g/mol. The van der Waals surface area contributed by atoms with Crippen molar-refractivity contribution < 1.29 is 24.2 Å². The Bertz CT molecular complexity index is 927. The van der Waals surface area contributed by atoms with Gasteiger partial charge in [0, 0.05) is 22.3 Å². The maximum absolute atomic E-state index is 13.6. The first-order valence-electron chi connectivity index (χ1n) is 10.5. The van der Waals surface area contributed by atoms with Crippen molar-refractivity contribution in [2.24, 2.45) is 11.8 Å². The van der Waals surface area contributed by atoms with E-state index in [1.54, 1.807) is 18.7 Å². The summed E-state index contributed by atoms with van der Waals surface area (Å²) < 4.78 is 4.57. The maximum Gasteiger partial charge on any atom is 0.310 e. The number of benzene rings is 1. The molecule has 2 N–H and O–H groups in total. The predicted molar refractivity (Wildman–Crippen MR) is 122 cm³/mol. The number of fused-ring (bicyclic) bond motifs is 1. The van der Waals surface area contributed by atoms with E-state index in [0.717, 1.165) is 11.1 Å². The Morgan fingerprint density at radius 3 is 2.81 bits per heavy atom. The van der Waals surface area contributed by atoms with Crippen molar-refractivity contribution in [1.82, 2.24) is 4.90 Å². The molecule has 31 heavy (non-hydrogen) atoms. The summed E-state index contributed by atoms with van der Waals surface area (Å²) in [4.78, 5) is 41.4. The standard InChI is InChI=1S/C22H27BrN2O5S/c1-4-30-21(29)15-16-20(28)25(7-8-26)18(22(16)10-13(23)17(15)31-22)19(27)24-14-9-11(2)5-6-12(14)3/h5-6,9,13,15-18,26H,4,7-8,10H2,1-3H3,(H,24,27)/t13?,15-,16-,17-,18?,22?/m0/s1. The van der Waals surface area contributed by atoms with Gasteiger partial charge in [-0.25, -0.2) is 0 Å². The van der Waals surface area contributed by atoms with Crippen LogP contribution in [0.15, 0.2) is 18.2 Å². The number of nitrogens with zero attached hydrogens (tertiary/aromatic N) is 1. The fraction of sp³-hybridized carbons (Fsp3) is 0.591. The number of amides is 2. The number of carbonyl (C=O) groups excluding carboxylic acids is 3. The van der Waals surface area contributed by atoms with Gasteiger partial charge in [-0.1, -0.05) is 28.1 Å². The van der Waals surface area contributed by atoms with Crippen LogP contribution in [0, 0.1) is 25.7 Å². The third-order valence-electron chi connectivity index (χ3n) is 6.59. The minimum absolute atomic E-state index is 0.000962. The van der Waals surface area contributed by atoms with Crippen molar-refractivity contribution in [3.63, 3.8) is 0 Å². The highest BCUT2D eigenvalue weighted by Crippen LogP contribution is 2.67. The molecule has 9 heteroatoms. The molecular formula is C22H27BrN2O5S. The molecule has 0 radical (unpaired) electrons. The van der Waals surface area contributed by atoms with Crippen LogP contribution in [0.2, 0.25) is 0 Å². The second-order valence-corrected chi connectivity index (χ2v) is 11.2. The average molecular weight is 511 g/mol. The minimum Gasteiger partial charge on any atom is -0.466 e. The number of carbonyl (C=O) groups is 3. The molecule has 1 aromatic carbocycles. The lowest BCUT2D eigenvalue weighted by Gasteiger charge is -2.35. The summed E-state index contributed by atoms with van der Waals surface area (Å²) in [6.45, 7) is 5.66.